The average molecular weight is 259 g/mol. The lowest BCUT2D eigenvalue weighted by atomic mass is 10.1. The highest BCUT2D eigenvalue weighted by Gasteiger charge is 2.10. The van der Waals surface area contributed by atoms with Crippen LogP contribution in [0.15, 0.2) is 22.0 Å². The third-order valence-corrected chi connectivity index (χ3v) is 3.81. The number of benzene rings is 1. The quantitative estimate of drug-likeness (QED) is 0.713. The van der Waals surface area contributed by atoms with Crippen molar-refractivity contribution in [2.45, 2.75) is 13.3 Å². The van der Waals surface area contributed by atoms with Crippen LogP contribution in [0.4, 0.5) is 4.39 Å². The van der Waals surface area contributed by atoms with Crippen molar-refractivity contribution in [2.75, 3.05) is 0 Å². The van der Waals surface area contributed by atoms with Crippen LogP contribution in [0.5, 0.6) is 0 Å². The Morgan fingerprint density at radius 1 is 1.54 bits per heavy atom. The first-order chi connectivity index (χ1) is 6.24. The molecule has 1 aromatic carbocycles. The highest BCUT2D eigenvalue weighted by Crippen LogP contribution is 2.32. The number of rotatable bonds is 1. The van der Waals surface area contributed by atoms with Crippen LogP contribution in [-0.2, 0) is 6.42 Å². The summed E-state index contributed by atoms with van der Waals surface area (Å²) in [5.74, 6) is -0.129. The van der Waals surface area contributed by atoms with Gasteiger partial charge in [0.15, 0.2) is 0 Å². The maximum Gasteiger partial charge on any atom is 0.146 e. The van der Waals surface area contributed by atoms with Gasteiger partial charge in [-0.3, -0.25) is 0 Å². The van der Waals surface area contributed by atoms with Gasteiger partial charge in [0.1, 0.15) is 5.82 Å². The summed E-state index contributed by atoms with van der Waals surface area (Å²) in [5, 5.41) is 2.63. The standard InChI is InChI=1S/C10H8BrFS/c1-2-6-5-8-7(3-4-13-8)10(12)9(6)11/h3-5H,2H2,1H3. The molecule has 3 heteroatoms. The van der Waals surface area contributed by atoms with E-state index in [9.17, 15) is 4.39 Å². The SMILES string of the molecule is CCc1cc2sccc2c(F)c1Br. The van der Waals surface area contributed by atoms with Crippen LogP contribution in [0.3, 0.4) is 0 Å². The normalized spacial score (nSPS) is 11.0. The molecule has 0 nitrogen and oxygen atoms in total. The second kappa shape index (κ2) is 3.39. The molecule has 68 valence electrons. The number of fused-ring (bicyclic) bond motifs is 1. The molecule has 0 spiro atoms. The van der Waals surface area contributed by atoms with Gasteiger partial charge in [0.25, 0.3) is 0 Å². The minimum absolute atomic E-state index is 0.129. The zero-order valence-electron chi connectivity index (χ0n) is 7.10. The maximum absolute atomic E-state index is 13.6. The summed E-state index contributed by atoms with van der Waals surface area (Å²) < 4.78 is 15.3. The van der Waals surface area contributed by atoms with Gasteiger partial charge < -0.3 is 0 Å². The zero-order chi connectivity index (χ0) is 9.42. The molecule has 0 N–H and O–H groups in total. The molecule has 0 aliphatic rings. The van der Waals surface area contributed by atoms with E-state index < -0.39 is 0 Å². The summed E-state index contributed by atoms with van der Waals surface area (Å²) in [4.78, 5) is 0. The Bertz CT molecular complexity index is 447. The van der Waals surface area contributed by atoms with Crippen molar-refractivity contribution in [3.8, 4) is 0 Å². The van der Waals surface area contributed by atoms with E-state index >= 15 is 0 Å². The Balaban J connectivity index is 2.83. The molecule has 0 amide bonds. The summed E-state index contributed by atoms with van der Waals surface area (Å²) in [6.45, 7) is 2.03. The smallest absolute Gasteiger partial charge is 0.146 e. The Kier molecular flexibility index (Phi) is 2.39. The topological polar surface area (TPSA) is 0 Å². The average Bonchev–Trinajstić information content (AvgIpc) is 2.59. The Morgan fingerprint density at radius 3 is 3.00 bits per heavy atom. The lowest BCUT2D eigenvalue weighted by Crippen LogP contribution is -1.87. The van der Waals surface area contributed by atoms with Crippen LogP contribution in [0, 0.1) is 5.82 Å². The first kappa shape index (κ1) is 9.16. The number of thiophene rings is 1. The van der Waals surface area contributed by atoms with Crippen LogP contribution in [0.2, 0.25) is 0 Å². The van der Waals surface area contributed by atoms with Crippen molar-refractivity contribution in [1.82, 2.24) is 0 Å². The highest BCUT2D eigenvalue weighted by atomic mass is 79.9. The first-order valence-corrected chi connectivity index (χ1v) is 5.75. The van der Waals surface area contributed by atoms with Crippen molar-refractivity contribution in [1.29, 1.82) is 0 Å². The lowest BCUT2D eigenvalue weighted by molar-refractivity contribution is 0.631. The molecule has 0 aliphatic carbocycles. The van der Waals surface area contributed by atoms with Crippen LogP contribution >= 0.6 is 27.3 Å². The number of aryl methyl sites for hydroxylation is 1. The van der Waals surface area contributed by atoms with E-state index in [0.29, 0.717) is 9.86 Å². The Morgan fingerprint density at radius 2 is 2.31 bits per heavy atom. The fourth-order valence-electron chi connectivity index (χ4n) is 1.35. The fraction of sp³-hybridized carbons (Fsp3) is 0.200. The Hall–Kier alpha value is -0.410. The number of halogens is 2. The van der Waals surface area contributed by atoms with Gasteiger partial charge >= 0.3 is 0 Å². The van der Waals surface area contributed by atoms with E-state index in [4.69, 9.17) is 0 Å². The van der Waals surface area contributed by atoms with E-state index in [1.807, 2.05) is 24.4 Å². The molecule has 13 heavy (non-hydrogen) atoms. The molecule has 0 fully saturated rings. The highest BCUT2D eigenvalue weighted by molar-refractivity contribution is 9.10. The predicted octanol–water partition coefficient (Wildman–Crippen LogP) is 4.37. The van der Waals surface area contributed by atoms with E-state index in [2.05, 4.69) is 15.9 Å². The van der Waals surface area contributed by atoms with E-state index in [1.165, 1.54) is 0 Å². The van der Waals surface area contributed by atoms with Gasteiger partial charge in [0.2, 0.25) is 0 Å². The van der Waals surface area contributed by atoms with Crippen LogP contribution in [0.25, 0.3) is 10.1 Å². The predicted molar refractivity (Wildman–Crippen MR) is 58.9 cm³/mol. The van der Waals surface area contributed by atoms with E-state index in [0.717, 1.165) is 16.7 Å². The molecule has 0 saturated heterocycles. The van der Waals surface area contributed by atoms with Crippen molar-refractivity contribution >= 4 is 37.4 Å². The van der Waals surface area contributed by atoms with Gasteiger partial charge in [-0.2, -0.15) is 0 Å². The summed E-state index contributed by atoms with van der Waals surface area (Å²) in [5.41, 5.74) is 1.03. The van der Waals surface area contributed by atoms with Crippen molar-refractivity contribution in [2.24, 2.45) is 0 Å². The van der Waals surface area contributed by atoms with Gasteiger partial charge in [-0.05, 0) is 45.4 Å². The van der Waals surface area contributed by atoms with Crippen molar-refractivity contribution in [3.05, 3.63) is 33.4 Å². The lowest BCUT2D eigenvalue weighted by Gasteiger charge is -2.03. The molecule has 1 aromatic heterocycles. The maximum atomic E-state index is 13.6. The molecule has 2 rings (SSSR count). The third kappa shape index (κ3) is 1.40. The number of hydrogen-bond acceptors (Lipinski definition) is 1. The van der Waals surface area contributed by atoms with Gasteiger partial charge in [-0.15, -0.1) is 11.3 Å². The Labute approximate surface area is 88.5 Å². The summed E-state index contributed by atoms with van der Waals surface area (Å²) in [7, 11) is 0. The molecule has 1 heterocycles. The van der Waals surface area contributed by atoms with Gasteiger partial charge in [-0.25, -0.2) is 4.39 Å². The molecule has 2 aromatic rings. The largest absolute Gasteiger partial charge is 0.205 e. The van der Waals surface area contributed by atoms with Gasteiger partial charge in [0, 0.05) is 10.1 Å². The minimum Gasteiger partial charge on any atom is -0.205 e. The van der Waals surface area contributed by atoms with E-state index in [1.54, 1.807) is 11.3 Å². The molecule has 0 unspecified atom stereocenters. The molecular formula is C10H8BrFS. The summed E-state index contributed by atoms with van der Waals surface area (Å²) in [6.07, 6.45) is 0.853. The minimum atomic E-state index is -0.129. The zero-order valence-corrected chi connectivity index (χ0v) is 9.51. The van der Waals surface area contributed by atoms with E-state index in [-0.39, 0.29) is 5.82 Å². The first-order valence-electron chi connectivity index (χ1n) is 4.08. The second-order valence-corrected chi connectivity index (χ2v) is 4.59. The van der Waals surface area contributed by atoms with Gasteiger partial charge in [0.05, 0.1) is 4.47 Å². The molecule has 0 saturated carbocycles. The number of hydrogen-bond donors (Lipinski definition) is 0. The molecule has 0 aliphatic heterocycles. The molecule has 0 radical (unpaired) electrons. The van der Waals surface area contributed by atoms with Crippen LogP contribution in [-0.4, -0.2) is 0 Å². The van der Waals surface area contributed by atoms with Crippen molar-refractivity contribution < 1.29 is 4.39 Å². The summed E-state index contributed by atoms with van der Waals surface area (Å²) in [6, 6.07) is 3.87. The monoisotopic (exact) mass is 258 g/mol. The second-order valence-electron chi connectivity index (χ2n) is 2.85. The fourth-order valence-corrected chi connectivity index (χ4v) is 2.81. The third-order valence-electron chi connectivity index (χ3n) is 2.09. The van der Waals surface area contributed by atoms with Crippen LogP contribution < -0.4 is 0 Å². The van der Waals surface area contributed by atoms with Crippen molar-refractivity contribution in [3.63, 3.8) is 0 Å². The molecule has 0 atom stereocenters. The van der Waals surface area contributed by atoms with Crippen LogP contribution in [0.1, 0.15) is 12.5 Å². The molecule has 0 bridgehead atoms. The van der Waals surface area contributed by atoms with Gasteiger partial charge in [-0.1, -0.05) is 6.92 Å². The molecular weight excluding hydrogens is 251 g/mol. The summed E-state index contributed by atoms with van der Waals surface area (Å²) >= 11 is 4.85.